The minimum absolute atomic E-state index is 0.0492. The molecule has 1 amide bonds. The fourth-order valence-electron chi connectivity index (χ4n) is 5.06. The predicted octanol–water partition coefficient (Wildman–Crippen LogP) is 5.85. The molecule has 0 radical (unpaired) electrons. The lowest BCUT2D eigenvalue weighted by Crippen LogP contribution is -2.43. The van der Waals surface area contributed by atoms with E-state index in [4.69, 9.17) is 4.74 Å². The van der Waals surface area contributed by atoms with Gasteiger partial charge in [-0.25, -0.2) is 18.2 Å². The lowest BCUT2D eigenvalue weighted by molar-refractivity contribution is -0.121. The summed E-state index contributed by atoms with van der Waals surface area (Å²) in [4.78, 5) is 20.4. The van der Waals surface area contributed by atoms with Gasteiger partial charge in [-0.2, -0.15) is 0 Å². The van der Waals surface area contributed by atoms with Crippen LogP contribution in [0, 0.1) is 17.5 Å². The second-order valence-corrected chi connectivity index (χ2v) is 9.92. The number of likely N-dealkylation sites (tertiary alicyclic amines) is 1. The molecule has 1 fully saturated rings. The second-order valence-electron chi connectivity index (χ2n) is 9.92. The number of hydrogen-bond donors (Lipinski definition) is 1. The van der Waals surface area contributed by atoms with Crippen LogP contribution in [0.5, 0.6) is 5.75 Å². The van der Waals surface area contributed by atoms with Crippen LogP contribution < -0.4 is 15.0 Å². The highest BCUT2D eigenvalue weighted by Crippen LogP contribution is 2.40. The van der Waals surface area contributed by atoms with E-state index in [9.17, 15) is 18.0 Å². The number of pyridine rings is 1. The smallest absolute Gasteiger partial charge is 0.265 e. The highest BCUT2D eigenvalue weighted by molar-refractivity contribution is 5.99. The third-order valence-electron chi connectivity index (χ3n) is 6.96. The van der Waals surface area contributed by atoms with Gasteiger partial charge in [0.2, 0.25) is 0 Å². The summed E-state index contributed by atoms with van der Waals surface area (Å²) in [5.41, 5.74) is 1.46. The number of rotatable bonds is 5. The molecule has 1 N–H and O–H groups in total. The molecule has 0 bridgehead atoms. The number of halogens is 3. The summed E-state index contributed by atoms with van der Waals surface area (Å²) >= 11 is 0. The van der Waals surface area contributed by atoms with E-state index in [1.807, 2.05) is 0 Å². The van der Waals surface area contributed by atoms with E-state index in [-0.39, 0.29) is 58.8 Å². The van der Waals surface area contributed by atoms with Gasteiger partial charge in [0.05, 0.1) is 5.69 Å². The minimum Gasteiger partial charge on any atom is -0.478 e. The molecule has 1 aromatic heterocycles. The fourth-order valence-corrected chi connectivity index (χ4v) is 5.06. The van der Waals surface area contributed by atoms with E-state index in [0.29, 0.717) is 11.3 Å². The number of ether oxygens (including phenoxy) is 1. The Hall–Kier alpha value is -3.59. The molecule has 0 unspecified atom stereocenters. The quantitative estimate of drug-likeness (QED) is 0.467. The predicted molar refractivity (Wildman–Crippen MR) is 137 cm³/mol. The van der Waals surface area contributed by atoms with Crippen LogP contribution in [0.3, 0.4) is 0 Å². The Morgan fingerprint density at radius 3 is 2.46 bits per heavy atom. The molecular weight excluding hydrogens is 481 g/mol. The molecule has 0 atom stereocenters. The van der Waals surface area contributed by atoms with Gasteiger partial charge >= 0.3 is 0 Å². The Bertz CT molecular complexity index is 1340. The first-order chi connectivity index (χ1) is 17.7. The maximum absolute atomic E-state index is 15.0. The van der Waals surface area contributed by atoms with Crippen molar-refractivity contribution in [2.24, 2.45) is 0 Å². The number of carbonyl (C=O) groups excluding carboxylic acids is 1. The number of benzene rings is 2. The minimum atomic E-state index is -0.711. The molecule has 2 aromatic carbocycles. The van der Waals surface area contributed by atoms with Gasteiger partial charge in [-0.1, -0.05) is 6.07 Å². The number of nitrogens with one attached hydrogen (secondary N) is 1. The van der Waals surface area contributed by atoms with Gasteiger partial charge in [0.1, 0.15) is 23.1 Å². The maximum atomic E-state index is 15.0. The molecule has 1 saturated heterocycles. The molecule has 3 aromatic rings. The number of fused-ring (bicyclic) bond motifs is 1. The number of amides is 1. The molecule has 3 heterocycles. The molecule has 0 saturated carbocycles. The number of aromatic nitrogens is 1. The van der Waals surface area contributed by atoms with Gasteiger partial charge in [0.15, 0.2) is 18.2 Å². The summed E-state index contributed by atoms with van der Waals surface area (Å²) in [6, 6.07) is 10.0. The zero-order valence-electron chi connectivity index (χ0n) is 21.0. The molecule has 6 nitrogen and oxygen atoms in total. The van der Waals surface area contributed by atoms with Crippen molar-refractivity contribution >= 4 is 23.1 Å². The van der Waals surface area contributed by atoms with Crippen molar-refractivity contribution in [3.63, 3.8) is 0 Å². The summed E-state index contributed by atoms with van der Waals surface area (Å²) in [5.74, 6) is -1.57. The Morgan fingerprint density at radius 1 is 1.00 bits per heavy atom. The van der Waals surface area contributed by atoms with Crippen molar-refractivity contribution in [3.05, 3.63) is 65.5 Å². The standard InChI is InChI=1S/C28H29F3N4O2/c1-16(2)35-24-13-18(12-23(31)28(24)37-15-26(35)36)27-21(29)6-7-25(33-27)32-19-4-5-20(22(30)14-19)17-8-10-34(3)11-9-17/h4-7,12-14,16-17H,8-11,15H2,1-3H3,(H,32,33). The van der Waals surface area contributed by atoms with Crippen molar-refractivity contribution in [1.29, 1.82) is 0 Å². The number of hydrogen-bond acceptors (Lipinski definition) is 5. The normalized spacial score (nSPS) is 16.6. The number of anilines is 3. The van der Waals surface area contributed by atoms with E-state index < -0.39 is 11.6 Å². The monoisotopic (exact) mass is 510 g/mol. The molecule has 194 valence electrons. The molecule has 5 rings (SSSR count). The van der Waals surface area contributed by atoms with Gasteiger partial charge in [0.25, 0.3) is 5.91 Å². The topological polar surface area (TPSA) is 57.7 Å². The molecule has 37 heavy (non-hydrogen) atoms. The van der Waals surface area contributed by atoms with Crippen molar-refractivity contribution in [3.8, 4) is 17.0 Å². The highest BCUT2D eigenvalue weighted by atomic mass is 19.1. The lowest BCUT2D eigenvalue weighted by atomic mass is 9.89. The van der Waals surface area contributed by atoms with Crippen LogP contribution in [0.2, 0.25) is 0 Å². The van der Waals surface area contributed by atoms with Crippen LogP contribution >= 0.6 is 0 Å². The molecule has 0 aliphatic carbocycles. The average Bonchev–Trinajstić information content (AvgIpc) is 2.85. The number of nitrogens with zero attached hydrogens (tertiary/aromatic N) is 3. The Morgan fingerprint density at radius 2 is 1.76 bits per heavy atom. The number of piperidine rings is 1. The van der Waals surface area contributed by atoms with Crippen LogP contribution in [-0.4, -0.2) is 48.6 Å². The Labute approximate surface area is 214 Å². The third-order valence-corrected chi connectivity index (χ3v) is 6.96. The molecule has 9 heteroatoms. The Kier molecular flexibility index (Phi) is 6.81. The van der Waals surface area contributed by atoms with Crippen molar-refractivity contribution in [2.45, 2.75) is 38.6 Å². The SMILES string of the molecule is CC(C)N1C(=O)COc2c(F)cc(-c3nc(Nc4ccc(C5CCN(C)CC5)c(F)c4)ccc3F)cc21. The van der Waals surface area contributed by atoms with E-state index in [2.05, 4.69) is 22.2 Å². The first-order valence-corrected chi connectivity index (χ1v) is 12.4. The molecule has 0 spiro atoms. The summed E-state index contributed by atoms with van der Waals surface area (Å²) in [6.07, 6.45) is 1.82. The summed E-state index contributed by atoms with van der Waals surface area (Å²) < 4.78 is 50.1. The van der Waals surface area contributed by atoms with Crippen LogP contribution in [-0.2, 0) is 4.79 Å². The maximum Gasteiger partial charge on any atom is 0.265 e. The zero-order chi connectivity index (χ0) is 26.3. The lowest BCUT2D eigenvalue weighted by Gasteiger charge is -2.33. The first kappa shape index (κ1) is 25.1. The van der Waals surface area contributed by atoms with Crippen molar-refractivity contribution < 1.29 is 22.7 Å². The van der Waals surface area contributed by atoms with Gasteiger partial charge in [-0.15, -0.1) is 0 Å². The summed E-state index contributed by atoms with van der Waals surface area (Å²) in [7, 11) is 2.07. The zero-order valence-corrected chi connectivity index (χ0v) is 21.0. The van der Waals surface area contributed by atoms with Crippen molar-refractivity contribution in [1.82, 2.24) is 9.88 Å². The molecule has 2 aliphatic heterocycles. The average molecular weight is 511 g/mol. The Balaban J connectivity index is 1.43. The summed E-state index contributed by atoms with van der Waals surface area (Å²) in [6.45, 7) is 5.21. The van der Waals surface area contributed by atoms with E-state index in [1.54, 1.807) is 26.0 Å². The van der Waals surface area contributed by atoms with Gasteiger partial charge in [0, 0.05) is 17.3 Å². The van der Waals surface area contributed by atoms with Gasteiger partial charge in [-0.05, 0) is 94.7 Å². The van der Waals surface area contributed by atoms with E-state index >= 15 is 0 Å². The van der Waals surface area contributed by atoms with Crippen LogP contribution in [0.4, 0.5) is 30.4 Å². The van der Waals surface area contributed by atoms with E-state index in [1.165, 1.54) is 29.2 Å². The highest BCUT2D eigenvalue weighted by Gasteiger charge is 2.31. The van der Waals surface area contributed by atoms with Crippen molar-refractivity contribution in [2.75, 3.05) is 37.0 Å². The van der Waals surface area contributed by atoms with Gasteiger partial charge < -0.3 is 19.9 Å². The third kappa shape index (κ3) is 5.00. The van der Waals surface area contributed by atoms with Gasteiger partial charge in [-0.3, -0.25) is 4.79 Å². The van der Waals surface area contributed by atoms with Crippen LogP contribution in [0.1, 0.15) is 38.2 Å². The fraction of sp³-hybridized carbons (Fsp3) is 0.357. The largest absolute Gasteiger partial charge is 0.478 e. The summed E-state index contributed by atoms with van der Waals surface area (Å²) in [5, 5.41) is 3.02. The number of carbonyl (C=O) groups is 1. The molecule has 2 aliphatic rings. The molecular formula is C28H29F3N4O2. The second kappa shape index (κ2) is 10.0. The first-order valence-electron chi connectivity index (χ1n) is 12.4. The van der Waals surface area contributed by atoms with E-state index in [0.717, 1.165) is 32.0 Å². The van der Waals surface area contributed by atoms with Crippen LogP contribution in [0.25, 0.3) is 11.3 Å². The van der Waals surface area contributed by atoms with Crippen LogP contribution in [0.15, 0.2) is 42.5 Å².